The normalized spacial score (nSPS) is 19.9. The SMILES string of the molecule is CC[Si](CC)O[SiH2]C1CCC1. The minimum Gasteiger partial charge on any atom is -0.460 e. The van der Waals surface area contributed by atoms with E-state index in [-0.39, 0.29) is 18.8 Å². The van der Waals surface area contributed by atoms with E-state index in [9.17, 15) is 0 Å². The minimum atomic E-state index is -0.333. The van der Waals surface area contributed by atoms with E-state index in [0.717, 1.165) is 5.54 Å². The average molecular weight is 187 g/mol. The van der Waals surface area contributed by atoms with Crippen molar-refractivity contribution in [2.24, 2.45) is 0 Å². The minimum absolute atomic E-state index is 0.102. The Kier molecular flexibility index (Phi) is 4.41. The second kappa shape index (κ2) is 5.11. The summed E-state index contributed by atoms with van der Waals surface area (Å²) in [6.45, 7) is 4.54. The van der Waals surface area contributed by atoms with Gasteiger partial charge in [0.15, 0.2) is 9.04 Å². The first-order valence-corrected chi connectivity index (χ1v) is 8.06. The Morgan fingerprint density at radius 2 is 2.00 bits per heavy atom. The van der Waals surface area contributed by atoms with Crippen LogP contribution >= 0.6 is 0 Å². The molecule has 11 heavy (non-hydrogen) atoms. The van der Waals surface area contributed by atoms with Crippen LogP contribution in [0.25, 0.3) is 0 Å². The molecule has 1 aliphatic carbocycles. The van der Waals surface area contributed by atoms with Crippen LogP contribution in [0.2, 0.25) is 17.6 Å². The van der Waals surface area contributed by atoms with E-state index in [4.69, 9.17) is 4.12 Å². The van der Waals surface area contributed by atoms with Gasteiger partial charge in [-0.2, -0.15) is 0 Å². The molecule has 0 N–H and O–H groups in total. The standard InChI is InChI=1S/C8H19OSi2/c1-3-11(4-2)9-10-8-6-5-7-8/h8H,3-7,10H2,1-2H3. The Morgan fingerprint density at radius 3 is 2.36 bits per heavy atom. The molecular formula is C8H19OSi2. The Bertz CT molecular complexity index is 100. The summed E-state index contributed by atoms with van der Waals surface area (Å²) in [4.78, 5) is 0. The molecule has 1 radical (unpaired) electrons. The van der Waals surface area contributed by atoms with Crippen molar-refractivity contribution in [3.63, 3.8) is 0 Å². The molecule has 0 bridgehead atoms. The van der Waals surface area contributed by atoms with Crippen LogP contribution in [0.1, 0.15) is 33.1 Å². The topological polar surface area (TPSA) is 9.23 Å². The molecule has 0 aromatic rings. The van der Waals surface area contributed by atoms with Crippen LogP contribution in [0, 0.1) is 0 Å². The van der Waals surface area contributed by atoms with Gasteiger partial charge in [-0.15, -0.1) is 0 Å². The molecule has 1 fully saturated rings. The fourth-order valence-electron chi connectivity index (χ4n) is 1.35. The summed E-state index contributed by atoms with van der Waals surface area (Å²) in [7, 11) is -0.434. The first kappa shape index (κ1) is 9.48. The van der Waals surface area contributed by atoms with Crippen LogP contribution < -0.4 is 0 Å². The van der Waals surface area contributed by atoms with Crippen molar-refractivity contribution in [1.29, 1.82) is 0 Å². The maximum atomic E-state index is 5.99. The summed E-state index contributed by atoms with van der Waals surface area (Å²) in [6.07, 6.45) is 4.44. The van der Waals surface area contributed by atoms with Gasteiger partial charge in [0.1, 0.15) is 9.76 Å². The molecular weight excluding hydrogens is 168 g/mol. The maximum absolute atomic E-state index is 5.99. The van der Waals surface area contributed by atoms with Crippen LogP contribution in [0.3, 0.4) is 0 Å². The van der Waals surface area contributed by atoms with E-state index in [1.165, 1.54) is 31.4 Å². The van der Waals surface area contributed by atoms with Gasteiger partial charge in [0.2, 0.25) is 0 Å². The Labute approximate surface area is 74.2 Å². The molecule has 0 aliphatic heterocycles. The molecule has 1 aliphatic rings. The van der Waals surface area contributed by atoms with Crippen molar-refractivity contribution in [1.82, 2.24) is 0 Å². The quantitative estimate of drug-likeness (QED) is 0.599. The molecule has 3 heteroatoms. The summed E-state index contributed by atoms with van der Waals surface area (Å²) in [6, 6.07) is 2.61. The first-order valence-electron chi connectivity index (χ1n) is 4.84. The number of hydrogen-bond acceptors (Lipinski definition) is 1. The third kappa shape index (κ3) is 3.09. The smallest absolute Gasteiger partial charge is 0.197 e. The lowest BCUT2D eigenvalue weighted by Crippen LogP contribution is -2.23. The molecule has 0 atom stereocenters. The molecule has 0 spiro atoms. The first-order chi connectivity index (χ1) is 5.36. The molecule has 1 rings (SSSR count). The predicted molar refractivity (Wildman–Crippen MR) is 53.9 cm³/mol. The highest BCUT2D eigenvalue weighted by Crippen LogP contribution is 2.31. The van der Waals surface area contributed by atoms with E-state index >= 15 is 0 Å². The fraction of sp³-hybridized carbons (Fsp3) is 1.00. The van der Waals surface area contributed by atoms with E-state index in [0.29, 0.717) is 0 Å². The zero-order valence-electron chi connectivity index (χ0n) is 7.73. The fourth-order valence-corrected chi connectivity index (χ4v) is 6.28. The molecule has 0 saturated heterocycles. The third-order valence-corrected chi connectivity index (χ3v) is 7.70. The van der Waals surface area contributed by atoms with Gasteiger partial charge < -0.3 is 4.12 Å². The van der Waals surface area contributed by atoms with E-state index < -0.39 is 0 Å². The monoisotopic (exact) mass is 187 g/mol. The molecule has 0 aromatic heterocycles. The van der Waals surface area contributed by atoms with Gasteiger partial charge >= 0.3 is 0 Å². The number of rotatable bonds is 5. The molecule has 0 unspecified atom stereocenters. The average Bonchev–Trinajstić information content (AvgIpc) is 1.95. The largest absolute Gasteiger partial charge is 0.460 e. The molecule has 65 valence electrons. The molecule has 1 nitrogen and oxygen atoms in total. The van der Waals surface area contributed by atoms with Crippen molar-refractivity contribution in [3.8, 4) is 0 Å². The highest BCUT2D eigenvalue weighted by atomic mass is 28.3. The van der Waals surface area contributed by atoms with Crippen LogP contribution in [0.5, 0.6) is 0 Å². The van der Waals surface area contributed by atoms with Gasteiger partial charge in [-0.25, -0.2) is 0 Å². The second-order valence-electron chi connectivity index (χ2n) is 3.35. The zero-order chi connectivity index (χ0) is 8.10. The summed E-state index contributed by atoms with van der Waals surface area (Å²) < 4.78 is 5.99. The van der Waals surface area contributed by atoms with Crippen LogP contribution in [0.4, 0.5) is 0 Å². The van der Waals surface area contributed by atoms with Gasteiger partial charge in [0.25, 0.3) is 0 Å². The Morgan fingerprint density at radius 1 is 1.36 bits per heavy atom. The van der Waals surface area contributed by atoms with Gasteiger partial charge in [-0.3, -0.25) is 0 Å². The van der Waals surface area contributed by atoms with E-state index in [1.54, 1.807) is 0 Å². The Hall–Kier alpha value is 0.394. The van der Waals surface area contributed by atoms with Gasteiger partial charge in [0, 0.05) is 0 Å². The highest BCUT2D eigenvalue weighted by molar-refractivity contribution is 6.58. The molecule has 0 aromatic carbocycles. The summed E-state index contributed by atoms with van der Waals surface area (Å²) in [5.41, 5.74) is 1.06. The van der Waals surface area contributed by atoms with Crippen LogP contribution in [0.15, 0.2) is 0 Å². The van der Waals surface area contributed by atoms with Crippen molar-refractivity contribution >= 4 is 18.8 Å². The van der Waals surface area contributed by atoms with Gasteiger partial charge in [0.05, 0.1) is 0 Å². The van der Waals surface area contributed by atoms with Gasteiger partial charge in [-0.1, -0.05) is 33.1 Å². The Balaban J connectivity index is 1.99. The molecule has 1 saturated carbocycles. The second-order valence-corrected chi connectivity index (χ2v) is 8.49. The molecule has 0 amide bonds. The van der Waals surface area contributed by atoms with E-state index in [2.05, 4.69) is 13.8 Å². The lowest BCUT2D eigenvalue weighted by Gasteiger charge is -2.26. The van der Waals surface area contributed by atoms with Crippen molar-refractivity contribution in [3.05, 3.63) is 0 Å². The maximum Gasteiger partial charge on any atom is 0.197 e. The van der Waals surface area contributed by atoms with Gasteiger partial charge in [-0.05, 0) is 17.6 Å². The van der Waals surface area contributed by atoms with Crippen molar-refractivity contribution < 1.29 is 4.12 Å². The third-order valence-electron chi connectivity index (χ3n) is 2.54. The van der Waals surface area contributed by atoms with Crippen LogP contribution in [-0.4, -0.2) is 18.8 Å². The van der Waals surface area contributed by atoms with E-state index in [1.807, 2.05) is 0 Å². The predicted octanol–water partition coefficient (Wildman–Crippen LogP) is 2.09. The number of hydrogen-bond donors (Lipinski definition) is 0. The van der Waals surface area contributed by atoms with Crippen molar-refractivity contribution in [2.45, 2.75) is 50.7 Å². The lowest BCUT2D eigenvalue weighted by atomic mass is 10.00. The highest BCUT2D eigenvalue weighted by Gasteiger charge is 2.19. The lowest BCUT2D eigenvalue weighted by molar-refractivity contribution is 0.457. The summed E-state index contributed by atoms with van der Waals surface area (Å²) in [5, 5.41) is 0. The summed E-state index contributed by atoms with van der Waals surface area (Å²) >= 11 is 0. The zero-order valence-corrected chi connectivity index (χ0v) is 10.1. The van der Waals surface area contributed by atoms with Crippen molar-refractivity contribution in [2.75, 3.05) is 0 Å². The molecule has 0 heterocycles. The summed E-state index contributed by atoms with van der Waals surface area (Å²) in [5.74, 6) is 0. The van der Waals surface area contributed by atoms with Crippen LogP contribution in [-0.2, 0) is 4.12 Å².